The Morgan fingerprint density at radius 1 is 1.16 bits per heavy atom. The van der Waals surface area contributed by atoms with Crippen LogP contribution in [0, 0.1) is 24.2 Å². The molecular weight excluding hydrogens is 388 g/mol. The molecule has 4 aliphatic rings. The predicted molar refractivity (Wildman–Crippen MR) is 119 cm³/mol. The van der Waals surface area contributed by atoms with E-state index in [0.717, 1.165) is 62.4 Å². The first-order chi connectivity index (χ1) is 15.2. The third kappa shape index (κ3) is 3.85. The van der Waals surface area contributed by atoms with Gasteiger partial charge in [0.05, 0.1) is 18.9 Å². The highest BCUT2D eigenvalue weighted by Gasteiger charge is 2.54. The Morgan fingerprint density at radius 2 is 1.97 bits per heavy atom. The molecule has 1 N–H and O–H groups in total. The number of pyridine rings is 1. The molecule has 2 bridgehead atoms. The van der Waals surface area contributed by atoms with Gasteiger partial charge in [-0.2, -0.15) is 0 Å². The maximum atomic E-state index is 12.1. The van der Waals surface area contributed by atoms with Crippen LogP contribution in [0.3, 0.4) is 0 Å². The highest BCUT2D eigenvalue weighted by atomic mass is 16.5. The number of fused-ring (bicyclic) bond motifs is 3. The van der Waals surface area contributed by atoms with Gasteiger partial charge in [0.25, 0.3) is 0 Å². The van der Waals surface area contributed by atoms with E-state index in [1.807, 2.05) is 30.3 Å². The van der Waals surface area contributed by atoms with Crippen LogP contribution in [0.25, 0.3) is 0 Å². The summed E-state index contributed by atoms with van der Waals surface area (Å²) >= 11 is 0. The molecule has 0 amide bonds. The fraction of sp³-hybridized carbons (Fsp3) is 0.500. The van der Waals surface area contributed by atoms with E-state index in [2.05, 4.69) is 23.0 Å². The van der Waals surface area contributed by atoms with Crippen LogP contribution in [-0.4, -0.2) is 53.9 Å². The average molecular weight is 419 g/mol. The van der Waals surface area contributed by atoms with Crippen LogP contribution >= 0.6 is 0 Å². The Hall–Kier alpha value is -2.39. The molecule has 31 heavy (non-hydrogen) atoms. The summed E-state index contributed by atoms with van der Waals surface area (Å²) in [6.45, 7) is 4.06. The van der Waals surface area contributed by atoms with E-state index in [4.69, 9.17) is 20.9 Å². The summed E-state index contributed by atoms with van der Waals surface area (Å²) in [7, 11) is 0. The van der Waals surface area contributed by atoms with Crippen molar-refractivity contribution in [2.75, 3.05) is 32.9 Å². The molecule has 4 aliphatic heterocycles. The summed E-state index contributed by atoms with van der Waals surface area (Å²) in [5.41, 5.74) is 1.77. The van der Waals surface area contributed by atoms with Crippen LogP contribution in [0.15, 0.2) is 42.5 Å². The molecule has 3 unspecified atom stereocenters. The standard InChI is InChI=1S/C26H30N2O3/c1-2-24-26(29,21-10-13-28(24)14-11-21)22-8-9-25(31-18-20-12-15-30-17-20)27-23(22)16-19-6-4-3-5-7-19/h1,3-9,20-21,24,29H,10-18H2. The number of terminal acetylenes is 1. The molecular formula is C26H30N2O3. The lowest BCUT2D eigenvalue weighted by atomic mass is 9.66. The second-order valence-electron chi connectivity index (χ2n) is 9.05. The summed E-state index contributed by atoms with van der Waals surface area (Å²) in [6.07, 6.45) is 9.51. The molecule has 5 heteroatoms. The maximum absolute atomic E-state index is 12.1. The first kappa shape index (κ1) is 20.5. The fourth-order valence-corrected chi connectivity index (χ4v) is 5.47. The maximum Gasteiger partial charge on any atom is 0.213 e. The Labute approximate surface area is 184 Å². The quantitative estimate of drug-likeness (QED) is 0.731. The number of aliphatic hydroxyl groups is 1. The third-order valence-corrected chi connectivity index (χ3v) is 7.18. The summed E-state index contributed by atoms with van der Waals surface area (Å²) in [6, 6.07) is 13.8. The summed E-state index contributed by atoms with van der Waals surface area (Å²) in [4.78, 5) is 7.14. The Bertz CT molecular complexity index is 943. The summed E-state index contributed by atoms with van der Waals surface area (Å²) < 4.78 is 11.5. The monoisotopic (exact) mass is 418 g/mol. The van der Waals surface area contributed by atoms with Gasteiger partial charge in [0, 0.05) is 30.6 Å². The normalized spacial score (nSPS) is 32.0. The molecule has 4 saturated heterocycles. The first-order valence-electron chi connectivity index (χ1n) is 11.4. The van der Waals surface area contributed by atoms with Crippen molar-refractivity contribution in [3.05, 3.63) is 59.3 Å². The van der Waals surface area contributed by atoms with Gasteiger partial charge in [-0.15, -0.1) is 6.42 Å². The van der Waals surface area contributed by atoms with E-state index in [1.54, 1.807) is 0 Å². The summed E-state index contributed by atoms with van der Waals surface area (Å²) in [5, 5.41) is 12.1. The number of hydrogen-bond donors (Lipinski definition) is 1. The molecule has 3 atom stereocenters. The van der Waals surface area contributed by atoms with Crippen molar-refractivity contribution in [3.63, 3.8) is 0 Å². The van der Waals surface area contributed by atoms with Crippen molar-refractivity contribution in [2.45, 2.75) is 37.3 Å². The first-order valence-corrected chi connectivity index (χ1v) is 11.4. The lowest BCUT2D eigenvalue weighted by Gasteiger charge is -2.54. The van der Waals surface area contributed by atoms with E-state index in [1.165, 1.54) is 0 Å². The highest BCUT2D eigenvalue weighted by molar-refractivity contribution is 5.39. The Kier molecular flexibility index (Phi) is 5.71. The van der Waals surface area contributed by atoms with Gasteiger partial charge in [-0.1, -0.05) is 36.3 Å². The van der Waals surface area contributed by atoms with E-state index in [-0.39, 0.29) is 12.0 Å². The van der Waals surface area contributed by atoms with Crippen molar-refractivity contribution in [1.82, 2.24) is 9.88 Å². The average Bonchev–Trinajstić information content (AvgIpc) is 3.33. The molecule has 5 heterocycles. The van der Waals surface area contributed by atoms with Crippen LogP contribution in [0.1, 0.15) is 36.1 Å². The van der Waals surface area contributed by atoms with Gasteiger partial charge in [0.2, 0.25) is 5.88 Å². The second-order valence-corrected chi connectivity index (χ2v) is 9.05. The molecule has 162 valence electrons. The van der Waals surface area contributed by atoms with Crippen LogP contribution in [0.4, 0.5) is 0 Å². The van der Waals surface area contributed by atoms with Gasteiger partial charge in [-0.3, -0.25) is 4.90 Å². The van der Waals surface area contributed by atoms with Crippen LogP contribution in [-0.2, 0) is 16.8 Å². The Morgan fingerprint density at radius 3 is 2.68 bits per heavy atom. The number of ether oxygens (including phenoxy) is 2. The number of benzene rings is 1. The zero-order chi connectivity index (χ0) is 21.3. The molecule has 4 fully saturated rings. The van der Waals surface area contributed by atoms with Crippen molar-refractivity contribution in [1.29, 1.82) is 0 Å². The number of piperidine rings is 3. The third-order valence-electron chi connectivity index (χ3n) is 7.18. The van der Waals surface area contributed by atoms with Gasteiger partial charge in [0.15, 0.2) is 0 Å². The van der Waals surface area contributed by atoms with E-state index in [0.29, 0.717) is 24.8 Å². The molecule has 2 aromatic rings. The molecule has 0 spiro atoms. The fourth-order valence-electron chi connectivity index (χ4n) is 5.47. The van der Waals surface area contributed by atoms with Gasteiger partial charge in [0.1, 0.15) is 11.6 Å². The van der Waals surface area contributed by atoms with E-state index in [9.17, 15) is 5.11 Å². The molecule has 0 aliphatic carbocycles. The van der Waals surface area contributed by atoms with Crippen molar-refractivity contribution in [3.8, 4) is 18.2 Å². The zero-order valence-corrected chi connectivity index (χ0v) is 17.9. The smallest absolute Gasteiger partial charge is 0.213 e. The number of aromatic nitrogens is 1. The highest BCUT2D eigenvalue weighted by Crippen LogP contribution is 2.47. The van der Waals surface area contributed by atoms with Gasteiger partial charge in [-0.05, 0) is 49.9 Å². The van der Waals surface area contributed by atoms with Gasteiger partial charge in [-0.25, -0.2) is 4.98 Å². The molecule has 1 aromatic carbocycles. The molecule has 5 nitrogen and oxygen atoms in total. The topological polar surface area (TPSA) is 54.8 Å². The number of rotatable bonds is 6. The number of hydrogen-bond acceptors (Lipinski definition) is 5. The lowest BCUT2D eigenvalue weighted by molar-refractivity contribution is -0.143. The largest absolute Gasteiger partial charge is 0.477 e. The number of nitrogens with zero attached hydrogens (tertiary/aromatic N) is 2. The predicted octanol–water partition coefficient (Wildman–Crippen LogP) is 3.00. The minimum Gasteiger partial charge on any atom is -0.477 e. The summed E-state index contributed by atoms with van der Waals surface area (Å²) in [5.74, 6) is 4.06. The van der Waals surface area contributed by atoms with E-state index >= 15 is 0 Å². The zero-order valence-electron chi connectivity index (χ0n) is 17.9. The molecule has 0 radical (unpaired) electrons. The minimum atomic E-state index is -1.08. The Balaban J connectivity index is 1.50. The molecule has 0 saturated carbocycles. The van der Waals surface area contributed by atoms with Crippen LogP contribution < -0.4 is 4.74 Å². The van der Waals surface area contributed by atoms with Crippen molar-refractivity contribution >= 4 is 0 Å². The molecule has 1 aromatic heterocycles. The van der Waals surface area contributed by atoms with Crippen molar-refractivity contribution < 1.29 is 14.6 Å². The van der Waals surface area contributed by atoms with E-state index < -0.39 is 5.60 Å². The van der Waals surface area contributed by atoms with Crippen molar-refractivity contribution in [2.24, 2.45) is 11.8 Å². The minimum absolute atomic E-state index is 0.150. The van der Waals surface area contributed by atoms with Gasteiger partial charge >= 0.3 is 0 Å². The molecule has 6 rings (SSSR count). The van der Waals surface area contributed by atoms with Crippen LogP contribution in [0.5, 0.6) is 5.88 Å². The van der Waals surface area contributed by atoms with Crippen LogP contribution in [0.2, 0.25) is 0 Å². The SMILES string of the molecule is C#CC1N2CCC(CC2)C1(O)c1ccc(OCC2CCOC2)nc1Cc1ccccc1. The lowest BCUT2D eigenvalue weighted by Crippen LogP contribution is -2.63. The second kappa shape index (κ2) is 8.63. The van der Waals surface area contributed by atoms with Gasteiger partial charge < -0.3 is 14.6 Å².